The van der Waals surface area contributed by atoms with E-state index in [0.717, 1.165) is 18.1 Å². The van der Waals surface area contributed by atoms with Crippen molar-refractivity contribution in [1.82, 2.24) is 15.1 Å². The van der Waals surface area contributed by atoms with Crippen LogP contribution in [0.4, 0.5) is 0 Å². The molecule has 3 nitrogen and oxygen atoms in total. The van der Waals surface area contributed by atoms with Crippen LogP contribution in [0.15, 0.2) is 0 Å². The van der Waals surface area contributed by atoms with Gasteiger partial charge in [-0.05, 0) is 78.2 Å². The summed E-state index contributed by atoms with van der Waals surface area (Å²) in [6.45, 7) is 5.44. The fourth-order valence-corrected chi connectivity index (χ4v) is 4.45. The number of nitrogens with zero attached hydrogens (tertiary/aromatic N) is 2. The number of hydrogen-bond donors (Lipinski definition) is 1. The van der Waals surface area contributed by atoms with E-state index < -0.39 is 0 Å². The van der Waals surface area contributed by atoms with E-state index in [9.17, 15) is 0 Å². The van der Waals surface area contributed by atoms with Crippen molar-refractivity contribution in [1.29, 1.82) is 0 Å². The molecule has 1 N–H and O–H groups in total. The topological polar surface area (TPSA) is 18.5 Å². The number of hydrogen-bond acceptors (Lipinski definition) is 3. The Kier molecular flexibility index (Phi) is 4.78. The fourth-order valence-electron chi connectivity index (χ4n) is 4.45. The summed E-state index contributed by atoms with van der Waals surface area (Å²) < 4.78 is 0. The second-order valence-corrected chi connectivity index (χ2v) is 6.82. The third kappa shape index (κ3) is 3.32. The van der Waals surface area contributed by atoms with Gasteiger partial charge in [0.1, 0.15) is 0 Å². The van der Waals surface area contributed by atoms with Crippen LogP contribution >= 0.6 is 0 Å². The molecule has 2 unspecified atom stereocenters. The van der Waals surface area contributed by atoms with Crippen molar-refractivity contribution >= 4 is 0 Å². The van der Waals surface area contributed by atoms with Crippen molar-refractivity contribution in [2.24, 2.45) is 0 Å². The van der Waals surface area contributed by atoms with E-state index in [4.69, 9.17) is 0 Å². The van der Waals surface area contributed by atoms with E-state index in [-0.39, 0.29) is 0 Å². The van der Waals surface area contributed by atoms with Gasteiger partial charge in [-0.1, -0.05) is 6.42 Å². The minimum absolute atomic E-state index is 0.782. The predicted molar refractivity (Wildman–Crippen MR) is 80.5 cm³/mol. The molecule has 110 valence electrons. The van der Waals surface area contributed by atoms with Gasteiger partial charge >= 0.3 is 0 Å². The van der Waals surface area contributed by atoms with Crippen LogP contribution < -0.4 is 5.32 Å². The van der Waals surface area contributed by atoms with Crippen LogP contribution in [0.2, 0.25) is 0 Å². The Morgan fingerprint density at radius 3 is 2.05 bits per heavy atom. The van der Waals surface area contributed by atoms with Crippen LogP contribution in [0.3, 0.4) is 0 Å². The molecule has 3 fully saturated rings. The van der Waals surface area contributed by atoms with E-state index in [1.165, 1.54) is 77.5 Å². The number of piperidine rings is 2. The Balaban J connectivity index is 1.44. The molecule has 1 saturated carbocycles. The van der Waals surface area contributed by atoms with Crippen LogP contribution in [0.5, 0.6) is 0 Å². The predicted octanol–water partition coefficient (Wildman–Crippen LogP) is 2.08. The van der Waals surface area contributed by atoms with Gasteiger partial charge in [0.2, 0.25) is 0 Å². The van der Waals surface area contributed by atoms with Crippen molar-refractivity contribution in [2.75, 3.05) is 33.2 Å². The molecule has 2 aliphatic heterocycles. The van der Waals surface area contributed by atoms with Gasteiger partial charge in [-0.15, -0.1) is 0 Å². The lowest BCUT2D eigenvalue weighted by Gasteiger charge is -2.42. The molecule has 0 spiro atoms. The molecule has 3 rings (SSSR count). The van der Waals surface area contributed by atoms with E-state index in [1.54, 1.807) is 0 Å². The van der Waals surface area contributed by atoms with Gasteiger partial charge in [0.05, 0.1) is 0 Å². The summed E-state index contributed by atoms with van der Waals surface area (Å²) >= 11 is 0. The van der Waals surface area contributed by atoms with Crippen LogP contribution in [-0.4, -0.2) is 61.2 Å². The SMILES string of the molecule is CNC1CCC(N2CCC(N3CCCCC3)CC2)C1. The first-order valence-corrected chi connectivity index (χ1v) is 8.52. The second-order valence-electron chi connectivity index (χ2n) is 6.82. The first kappa shape index (κ1) is 13.8. The molecule has 0 aromatic carbocycles. The number of rotatable bonds is 3. The maximum absolute atomic E-state index is 3.46. The Morgan fingerprint density at radius 1 is 0.737 bits per heavy atom. The van der Waals surface area contributed by atoms with E-state index in [2.05, 4.69) is 22.2 Å². The molecule has 0 radical (unpaired) electrons. The molecule has 0 bridgehead atoms. The average molecular weight is 265 g/mol. The monoisotopic (exact) mass is 265 g/mol. The molecule has 2 atom stereocenters. The fraction of sp³-hybridized carbons (Fsp3) is 1.00. The second kappa shape index (κ2) is 6.55. The molecule has 1 aliphatic carbocycles. The molecule has 2 heterocycles. The summed E-state index contributed by atoms with van der Waals surface area (Å²) in [4.78, 5) is 5.57. The normalized spacial score (nSPS) is 35.8. The maximum atomic E-state index is 3.46. The van der Waals surface area contributed by atoms with Gasteiger partial charge in [0.15, 0.2) is 0 Å². The molecule has 3 aliphatic rings. The highest BCUT2D eigenvalue weighted by Crippen LogP contribution is 2.28. The van der Waals surface area contributed by atoms with Gasteiger partial charge in [-0.3, -0.25) is 0 Å². The molecule has 2 saturated heterocycles. The molecular weight excluding hydrogens is 234 g/mol. The zero-order chi connectivity index (χ0) is 13.1. The first-order valence-electron chi connectivity index (χ1n) is 8.52. The van der Waals surface area contributed by atoms with Gasteiger partial charge in [-0.2, -0.15) is 0 Å². The standard InChI is InChI=1S/C16H31N3/c1-17-14-5-6-16(13-14)19-11-7-15(8-12-19)18-9-3-2-4-10-18/h14-17H,2-13H2,1H3. The largest absolute Gasteiger partial charge is 0.317 e. The highest BCUT2D eigenvalue weighted by atomic mass is 15.2. The molecule has 0 aromatic heterocycles. The average Bonchev–Trinajstić information content (AvgIpc) is 2.97. The molecule has 19 heavy (non-hydrogen) atoms. The van der Waals surface area contributed by atoms with Crippen LogP contribution in [0.25, 0.3) is 0 Å². The van der Waals surface area contributed by atoms with Crippen molar-refractivity contribution in [3.8, 4) is 0 Å². The lowest BCUT2D eigenvalue weighted by Crippen LogP contribution is -2.49. The zero-order valence-electron chi connectivity index (χ0n) is 12.6. The van der Waals surface area contributed by atoms with Crippen molar-refractivity contribution in [3.63, 3.8) is 0 Å². The first-order chi connectivity index (χ1) is 9.36. The summed E-state index contributed by atoms with van der Waals surface area (Å²) in [5, 5.41) is 3.46. The summed E-state index contributed by atoms with van der Waals surface area (Å²) in [5.74, 6) is 0. The van der Waals surface area contributed by atoms with Gasteiger partial charge in [-0.25, -0.2) is 0 Å². The smallest absolute Gasteiger partial charge is 0.0120 e. The van der Waals surface area contributed by atoms with Gasteiger partial charge < -0.3 is 15.1 Å². The van der Waals surface area contributed by atoms with E-state index >= 15 is 0 Å². The minimum atomic E-state index is 0.782. The third-order valence-electron chi connectivity index (χ3n) is 5.74. The van der Waals surface area contributed by atoms with E-state index in [0.29, 0.717) is 0 Å². The number of nitrogens with one attached hydrogen (secondary N) is 1. The Labute approximate surface area is 118 Å². The van der Waals surface area contributed by atoms with Crippen molar-refractivity contribution < 1.29 is 0 Å². The Bertz CT molecular complexity index is 267. The quantitative estimate of drug-likeness (QED) is 0.843. The van der Waals surface area contributed by atoms with Crippen LogP contribution in [0.1, 0.15) is 51.4 Å². The Morgan fingerprint density at radius 2 is 1.42 bits per heavy atom. The Hall–Kier alpha value is -0.120. The summed E-state index contributed by atoms with van der Waals surface area (Å²) in [6, 6.07) is 2.56. The van der Waals surface area contributed by atoms with Crippen LogP contribution in [-0.2, 0) is 0 Å². The van der Waals surface area contributed by atoms with Crippen molar-refractivity contribution in [3.05, 3.63) is 0 Å². The lowest BCUT2D eigenvalue weighted by molar-refractivity contribution is 0.0729. The molecule has 0 aromatic rings. The molecular formula is C16H31N3. The third-order valence-corrected chi connectivity index (χ3v) is 5.74. The highest BCUT2D eigenvalue weighted by molar-refractivity contribution is 4.90. The zero-order valence-corrected chi connectivity index (χ0v) is 12.6. The van der Waals surface area contributed by atoms with Gasteiger partial charge in [0.25, 0.3) is 0 Å². The van der Waals surface area contributed by atoms with E-state index in [1.807, 2.05) is 0 Å². The summed E-state index contributed by atoms with van der Waals surface area (Å²) in [5.41, 5.74) is 0. The molecule has 3 heteroatoms. The number of likely N-dealkylation sites (tertiary alicyclic amines) is 2. The minimum Gasteiger partial charge on any atom is -0.317 e. The van der Waals surface area contributed by atoms with Gasteiger partial charge in [0, 0.05) is 18.1 Å². The van der Waals surface area contributed by atoms with Crippen molar-refractivity contribution in [2.45, 2.75) is 69.5 Å². The summed E-state index contributed by atoms with van der Waals surface area (Å²) in [6.07, 6.45) is 11.3. The van der Waals surface area contributed by atoms with Crippen LogP contribution in [0, 0.1) is 0 Å². The maximum Gasteiger partial charge on any atom is 0.0120 e. The highest BCUT2D eigenvalue weighted by Gasteiger charge is 2.32. The summed E-state index contributed by atoms with van der Waals surface area (Å²) in [7, 11) is 2.12. The lowest BCUT2D eigenvalue weighted by atomic mass is 9.98. The molecule has 0 amide bonds.